The van der Waals surface area contributed by atoms with Gasteiger partial charge < -0.3 is 10.4 Å². The second kappa shape index (κ2) is 10.4. The second-order valence-electron chi connectivity index (χ2n) is 8.24. The number of pyridine rings is 1. The highest BCUT2D eigenvalue weighted by Crippen LogP contribution is 2.36. The lowest BCUT2D eigenvalue weighted by atomic mass is 9.86. The summed E-state index contributed by atoms with van der Waals surface area (Å²) in [5.41, 5.74) is -1.67. The molecule has 0 saturated heterocycles. The second-order valence-corrected chi connectivity index (χ2v) is 9.51. The van der Waals surface area contributed by atoms with E-state index in [1.165, 1.54) is 23.7 Å². The largest absolute Gasteiger partial charge is 0.481 e. The third-order valence-electron chi connectivity index (χ3n) is 5.83. The van der Waals surface area contributed by atoms with Gasteiger partial charge in [-0.05, 0) is 43.9 Å². The van der Waals surface area contributed by atoms with Crippen LogP contribution in [0.1, 0.15) is 41.6 Å². The summed E-state index contributed by atoms with van der Waals surface area (Å²) >= 11 is 7.21. The zero-order valence-electron chi connectivity index (χ0n) is 18.4. The Morgan fingerprint density at radius 1 is 1.17 bits per heavy atom. The molecule has 2 heterocycles. The van der Waals surface area contributed by atoms with E-state index in [0.29, 0.717) is 37.6 Å². The number of hydrogen-bond donors (Lipinski definition) is 3. The minimum atomic E-state index is -4.85. The van der Waals surface area contributed by atoms with E-state index in [0.717, 1.165) is 17.4 Å². The van der Waals surface area contributed by atoms with Crippen LogP contribution >= 0.6 is 22.9 Å². The van der Waals surface area contributed by atoms with Gasteiger partial charge in [0, 0.05) is 23.2 Å². The number of anilines is 2. The van der Waals surface area contributed by atoms with Crippen LogP contribution in [0.2, 0.25) is 5.02 Å². The van der Waals surface area contributed by atoms with Crippen LogP contribution in [-0.2, 0) is 11.0 Å². The number of nitrogens with zero attached hydrogens (tertiary/aromatic N) is 2. The smallest absolute Gasteiger partial charge is 0.419 e. The van der Waals surface area contributed by atoms with E-state index in [-0.39, 0.29) is 38.9 Å². The van der Waals surface area contributed by atoms with Crippen LogP contribution in [0, 0.1) is 11.7 Å². The molecule has 1 amide bonds. The average Bonchev–Trinajstić information content (AvgIpc) is 3.28. The highest BCUT2D eigenvalue weighted by Gasteiger charge is 2.35. The summed E-state index contributed by atoms with van der Waals surface area (Å²) in [5.74, 6) is -2.84. The van der Waals surface area contributed by atoms with Crippen molar-refractivity contribution in [1.29, 1.82) is 0 Å². The van der Waals surface area contributed by atoms with Crippen LogP contribution in [0.15, 0.2) is 35.8 Å². The van der Waals surface area contributed by atoms with E-state index in [1.807, 2.05) is 0 Å². The molecule has 1 fully saturated rings. The minimum absolute atomic E-state index is 0.00950. The van der Waals surface area contributed by atoms with Crippen LogP contribution in [0.3, 0.4) is 0 Å². The molecule has 0 atom stereocenters. The summed E-state index contributed by atoms with van der Waals surface area (Å²) in [6.45, 7) is 0. The highest BCUT2D eigenvalue weighted by atomic mass is 35.5. The first-order valence-corrected chi connectivity index (χ1v) is 12.1. The predicted octanol–water partition coefficient (Wildman–Crippen LogP) is 6.32. The number of thiazole rings is 1. The van der Waals surface area contributed by atoms with E-state index in [4.69, 9.17) is 16.7 Å². The monoisotopic (exact) mass is 542 g/mol. The average molecular weight is 543 g/mol. The summed E-state index contributed by atoms with van der Waals surface area (Å²) in [6.07, 6.45) is -1.16. The van der Waals surface area contributed by atoms with E-state index < -0.39 is 29.4 Å². The molecular weight excluding hydrogens is 524 g/mol. The van der Waals surface area contributed by atoms with Gasteiger partial charge in [-0.15, -0.1) is 11.3 Å². The molecule has 1 aromatic carbocycles. The standard InChI is InChI=1S/C23H19ClF4N4O3S/c24-16-8-12(9-29-19(16)30-13-6-4-11(5-7-13)21(34)35)20(33)32-22-31-17(10-36-22)14-2-1-3-15(18(14)25)23(26,27)28/h1-3,8-11,13H,4-7H2,(H,29,30)(H,34,35)(H,31,32,33)/t11-,13-. The van der Waals surface area contributed by atoms with E-state index in [1.54, 1.807) is 0 Å². The van der Waals surface area contributed by atoms with Gasteiger partial charge in [-0.1, -0.05) is 17.7 Å². The maximum absolute atomic E-state index is 14.4. The first kappa shape index (κ1) is 25.8. The van der Waals surface area contributed by atoms with E-state index >= 15 is 0 Å². The molecule has 3 aromatic rings. The molecule has 190 valence electrons. The zero-order chi connectivity index (χ0) is 26.0. The van der Waals surface area contributed by atoms with E-state index in [9.17, 15) is 27.2 Å². The van der Waals surface area contributed by atoms with Crippen LogP contribution in [-0.4, -0.2) is 33.0 Å². The molecule has 0 spiro atoms. The number of alkyl halides is 3. The van der Waals surface area contributed by atoms with Gasteiger partial charge >= 0.3 is 12.1 Å². The van der Waals surface area contributed by atoms with Crippen molar-refractivity contribution in [1.82, 2.24) is 9.97 Å². The first-order valence-electron chi connectivity index (χ1n) is 10.8. The summed E-state index contributed by atoms with van der Waals surface area (Å²) in [4.78, 5) is 31.9. The van der Waals surface area contributed by atoms with Crippen molar-refractivity contribution in [3.63, 3.8) is 0 Å². The first-order chi connectivity index (χ1) is 17.0. The third-order valence-corrected chi connectivity index (χ3v) is 6.87. The fourth-order valence-electron chi connectivity index (χ4n) is 3.92. The molecular formula is C23H19ClF4N4O3S. The Labute approximate surface area is 211 Å². The van der Waals surface area contributed by atoms with Gasteiger partial charge in [0.25, 0.3) is 5.91 Å². The lowest BCUT2D eigenvalue weighted by molar-refractivity contribution is -0.143. The Morgan fingerprint density at radius 3 is 2.53 bits per heavy atom. The summed E-state index contributed by atoms with van der Waals surface area (Å²) < 4.78 is 53.4. The molecule has 0 radical (unpaired) electrons. The van der Waals surface area contributed by atoms with Crippen molar-refractivity contribution < 1.29 is 32.3 Å². The molecule has 13 heteroatoms. The number of aromatic nitrogens is 2. The Morgan fingerprint density at radius 2 is 1.89 bits per heavy atom. The fraction of sp³-hybridized carbons (Fsp3) is 0.304. The van der Waals surface area contributed by atoms with Crippen molar-refractivity contribution in [2.45, 2.75) is 37.9 Å². The number of aliphatic carboxylic acids is 1. The van der Waals surface area contributed by atoms with Crippen LogP contribution < -0.4 is 10.6 Å². The number of carbonyl (C=O) groups excluding carboxylic acids is 1. The Bertz CT molecular complexity index is 1290. The fourth-order valence-corrected chi connectivity index (χ4v) is 4.85. The van der Waals surface area contributed by atoms with Crippen LogP contribution in [0.25, 0.3) is 11.3 Å². The van der Waals surface area contributed by atoms with Gasteiger partial charge in [-0.3, -0.25) is 14.9 Å². The molecule has 7 nitrogen and oxygen atoms in total. The lowest BCUT2D eigenvalue weighted by Crippen LogP contribution is -2.29. The molecule has 3 N–H and O–H groups in total. The maximum atomic E-state index is 14.4. The Hall–Kier alpha value is -3.25. The molecule has 2 aromatic heterocycles. The molecule has 0 unspecified atom stereocenters. The molecule has 1 saturated carbocycles. The van der Waals surface area contributed by atoms with Crippen molar-refractivity contribution in [2.24, 2.45) is 5.92 Å². The number of carboxylic acid groups (broad SMARTS) is 1. The number of amides is 1. The number of nitrogens with one attached hydrogen (secondary N) is 2. The normalized spacial score (nSPS) is 18.0. The third kappa shape index (κ3) is 5.76. The maximum Gasteiger partial charge on any atom is 0.419 e. The van der Waals surface area contributed by atoms with Gasteiger partial charge in [-0.2, -0.15) is 13.2 Å². The molecule has 1 aliphatic carbocycles. The summed E-state index contributed by atoms with van der Waals surface area (Å²) in [6, 6.07) is 4.31. The number of rotatable bonds is 6. The minimum Gasteiger partial charge on any atom is -0.481 e. The predicted molar refractivity (Wildman–Crippen MR) is 127 cm³/mol. The topological polar surface area (TPSA) is 104 Å². The number of hydrogen-bond acceptors (Lipinski definition) is 6. The molecule has 4 rings (SSSR count). The lowest BCUT2D eigenvalue weighted by Gasteiger charge is -2.27. The van der Waals surface area contributed by atoms with Crippen LogP contribution in [0.5, 0.6) is 0 Å². The Balaban J connectivity index is 1.42. The van der Waals surface area contributed by atoms with Crippen molar-refractivity contribution >= 4 is 45.8 Å². The zero-order valence-corrected chi connectivity index (χ0v) is 20.0. The number of carboxylic acids is 1. The van der Waals surface area contributed by atoms with Gasteiger partial charge in [0.2, 0.25) is 0 Å². The van der Waals surface area contributed by atoms with Crippen molar-refractivity contribution in [2.75, 3.05) is 10.6 Å². The number of benzene rings is 1. The molecule has 1 aliphatic rings. The number of carbonyl (C=O) groups is 2. The Kier molecular flexibility index (Phi) is 7.46. The van der Waals surface area contributed by atoms with E-state index in [2.05, 4.69) is 20.6 Å². The van der Waals surface area contributed by atoms with Gasteiger partial charge in [0.15, 0.2) is 5.13 Å². The molecule has 36 heavy (non-hydrogen) atoms. The van der Waals surface area contributed by atoms with Gasteiger partial charge in [0.1, 0.15) is 11.6 Å². The number of halogens is 5. The summed E-state index contributed by atoms with van der Waals surface area (Å²) in [7, 11) is 0. The van der Waals surface area contributed by atoms with Gasteiger partial charge in [0.05, 0.1) is 27.8 Å². The van der Waals surface area contributed by atoms with Crippen molar-refractivity contribution in [3.8, 4) is 11.3 Å². The molecule has 0 aliphatic heterocycles. The SMILES string of the molecule is O=C(Nc1nc(-c2cccc(C(F)(F)F)c2F)cs1)c1cnc(N[C@H]2CC[C@H](C(=O)O)CC2)c(Cl)c1. The summed E-state index contributed by atoms with van der Waals surface area (Å²) in [5, 5.41) is 16.4. The van der Waals surface area contributed by atoms with Crippen molar-refractivity contribution in [3.05, 3.63) is 57.8 Å². The van der Waals surface area contributed by atoms with Crippen LogP contribution in [0.4, 0.5) is 28.5 Å². The van der Waals surface area contributed by atoms with Gasteiger partial charge in [-0.25, -0.2) is 14.4 Å². The highest BCUT2D eigenvalue weighted by molar-refractivity contribution is 7.14. The molecule has 0 bridgehead atoms. The quantitative estimate of drug-likeness (QED) is 0.315.